The molecule has 3 nitrogen and oxygen atoms in total. The maximum atomic E-state index is 5.49. The second kappa shape index (κ2) is 12.7. The highest BCUT2D eigenvalue weighted by molar-refractivity contribution is 7.13. The molecule has 0 bridgehead atoms. The lowest BCUT2D eigenvalue weighted by atomic mass is 9.90. The number of rotatable bonds is 7. The summed E-state index contributed by atoms with van der Waals surface area (Å²) in [5, 5.41) is 2.66. The molecule has 0 saturated heterocycles. The lowest BCUT2D eigenvalue weighted by Crippen LogP contribution is -2.29. The van der Waals surface area contributed by atoms with Gasteiger partial charge in [-0.2, -0.15) is 0 Å². The van der Waals surface area contributed by atoms with Crippen molar-refractivity contribution >= 4 is 35.2 Å². The molecule has 0 saturated carbocycles. The molecule has 4 heterocycles. The largest absolute Gasteiger partial charge is 0.255 e. The molecule has 1 aliphatic heterocycles. The fraction of sp³-hybridized carbons (Fsp3) is 0.119. The summed E-state index contributed by atoms with van der Waals surface area (Å²) in [6, 6.07) is 40.6. The minimum absolute atomic E-state index is 0.321. The van der Waals surface area contributed by atoms with E-state index in [1.54, 1.807) is 0 Å². The summed E-state index contributed by atoms with van der Waals surface area (Å²) in [6.45, 7) is 7.17. The number of hydrogen-bond acceptors (Lipinski definition) is 3. The van der Waals surface area contributed by atoms with Crippen LogP contribution in [0, 0.1) is 5.92 Å². The van der Waals surface area contributed by atoms with Gasteiger partial charge in [-0.25, -0.2) is 9.97 Å². The lowest BCUT2D eigenvalue weighted by Gasteiger charge is -2.26. The Kier molecular flexibility index (Phi) is 8.12. The standard InChI is InChI=1S/C42H37N3Si/c1-4-30-18-8-7-13-23-33(30)34-25-16-27-37(44-34)41-39(31-19-9-5-10-20-31)40(32-21-11-6-12-22-32)42(46(41,2)3)38-28-17-26-36(45-38)35-24-14-15-29-43-35/h5-30H,4H2,1-3H3. The number of aromatic nitrogens is 3. The Labute approximate surface area is 273 Å². The average molecular weight is 612 g/mol. The van der Waals surface area contributed by atoms with Crippen LogP contribution in [-0.2, 0) is 0 Å². The fourth-order valence-corrected chi connectivity index (χ4v) is 10.5. The molecule has 0 spiro atoms. The zero-order valence-corrected chi connectivity index (χ0v) is 27.6. The first-order chi connectivity index (χ1) is 22.6. The summed E-state index contributed by atoms with van der Waals surface area (Å²) in [6.07, 6.45) is 13.8. The number of allylic oxidation sites excluding steroid dienone is 8. The molecular formula is C42H37N3Si. The van der Waals surface area contributed by atoms with E-state index >= 15 is 0 Å². The third-order valence-corrected chi connectivity index (χ3v) is 12.6. The van der Waals surface area contributed by atoms with Crippen LogP contribution >= 0.6 is 0 Å². The van der Waals surface area contributed by atoms with Crippen LogP contribution in [0.5, 0.6) is 0 Å². The van der Waals surface area contributed by atoms with Gasteiger partial charge >= 0.3 is 0 Å². The van der Waals surface area contributed by atoms with Gasteiger partial charge in [0.2, 0.25) is 0 Å². The van der Waals surface area contributed by atoms with Crippen molar-refractivity contribution in [3.05, 3.63) is 180 Å². The Bertz CT molecular complexity index is 2040. The van der Waals surface area contributed by atoms with Gasteiger partial charge in [0.05, 0.1) is 28.5 Å². The van der Waals surface area contributed by atoms with Crippen molar-refractivity contribution in [3.63, 3.8) is 0 Å². The van der Waals surface area contributed by atoms with E-state index in [0.29, 0.717) is 5.92 Å². The van der Waals surface area contributed by atoms with Crippen molar-refractivity contribution in [3.8, 4) is 11.4 Å². The van der Waals surface area contributed by atoms with Crippen molar-refractivity contribution in [1.82, 2.24) is 15.0 Å². The summed E-state index contributed by atoms with van der Waals surface area (Å²) < 4.78 is 0. The molecule has 0 radical (unpaired) electrons. The highest BCUT2D eigenvalue weighted by Crippen LogP contribution is 2.55. The van der Waals surface area contributed by atoms with E-state index in [2.05, 4.69) is 152 Å². The zero-order valence-electron chi connectivity index (χ0n) is 26.6. The van der Waals surface area contributed by atoms with Crippen molar-refractivity contribution in [1.29, 1.82) is 0 Å². The molecule has 2 aromatic carbocycles. The van der Waals surface area contributed by atoms with Crippen molar-refractivity contribution < 1.29 is 0 Å². The molecule has 7 rings (SSSR count). The van der Waals surface area contributed by atoms with E-state index in [0.717, 1.165) is 34.9 Å². The molecule has 0 amide bonds. The molecule has 1 atom stereocenters. The van der Waals surface area contributed by atoms with E-state index < -0.39 is 8.07 Å². The summed E-state index contributed by atoms with van der Waals surface area (Å²) >= 11 is 0. The molecule has 3 aromatic heterocycles. The van der Waals surface area contributed by atoms with E-state index in [4.69, 9.17) is 9.97 Å². The number of nitrogens with zero attached hydrogens (tertiary/aromatic N) is 3. The molecule has 1 aliphatic carbocycles. The zero-order chi connectivity index (χ0) is 31.5. The fourth-order valence-electron chi connectivity index (χ4n) is 6.93. The predicted molar refractivity (Wildman–Crippen MR) is 196 cm³/mol. The topological polar surface area (TPSA) is 38.7 Å². The molecule has 0 fully saturated rings. The van der Waals surface area contributed by atoms with Gasteiger partial charge in [0.1, 0.15) is 8.07 Å². The van der Waals surface area contributed by atoms with Crippen LogP contribution in [0.25, 0.3) is 38.5 Å². The minimum atomic E-state index is -2.44. The number of hydrogen-bond donors (Lipinski definition) is 0. The van der Waals surface area contributed by atoms with Gasteiger partial charge in [-0.05, 0) is 81.1 Å². The molecule has 2 aliphatic rings. The molecular weight excluding hydrogens is 575 g/mol. The second-order valence-electron chi connectivity index (χ2n) is 12.3. The van der Waals surface area contributed by atoms with Crippen LogP contribution in [0.4, 0.5) is 0 Å². The van der Waals surface area contributed by atoms with Crippen LogP contribution in [0.15, 0.2) is 152 Å². The summed E-state index contributed by atoms with van der Waals surface area (Å²) in [4.78, 5) is 15.4. The summed E-state index contributed by atoms with van der Waals surface area (Å²) in [5.74, 6) is 0.321. The Balaban J connectivity index is 1.50. The first kappa shape index (κ1) is 29.5. The van der Waals surface area contributed by atoms with Gasteiger partial charge in [0, 0.05) is 12.1 Å². The first-order valence-electron chi connectivity index (χ1n) is 16.1. The van der Waals surface area contributed by atoms with E-state index in [1.807, 2.05) is 24.4 Å². The van der Waals surface area contributed by atoms with Gasteiger partial charge in [-0.3, -0.25) is 4.98 Å². The van der Waals surface area contributed by atoms with Crippen LogP contribution in [-0.4, -0.2) is 23.0 Å². The number of benzene rings is 2. The molecule has 46 heavy (non-hydrogen) atoms. The monoisotopic (exact) mass is 611 g/mol. The van der Waals surface area contributed by atoms with Gasteiger partial charge < -0.3 is 0 Å². The van der Waals surface area contributed by atoms with Crippen molar-refractivity contribution in [2.45, 2.75) is 26.4 Å². The predicted octanol–water partition coefficient (Wildman–Crippen LogP) is 10.4. The molecule has 0 N–H and O–H groups in total. The Morgan fingerprint density at radius 2 is 1.09 bits per heavy atom. The van der Waals surface area contributed by atoms with Crippen LogP contribution in [0.2, 0.25) is 13.1 Å². The van der Waals surface area contributed by atoms with Crippen LogP contribution in [0.3, 0.4) is 0 Å². The van der Waals surface area contributed by atoms with Crippen LogP contribution in [0.1, 0.15) is 41.6 Å². The average Bonchev–Trinajstić information content (AvgIpc) is 3.21. The Morgan fingerprint density at radius 1 is 0.543 bits per heavy atom. The maximum absolute atomic E-state index is 5.49. The summed E-state index contributed by atoms with van der Waals surface area (Å²) in [5.41, 5.74) is 11.0. The molecule has 5 aromatic rings. The van der Waals surface area contributed by atoms with E-state index in [1.165, 1.54) is 38.2 Å². The van der Waals surface area contributed by atoms with Crippen molar-refractivity contribution in [2.24, 2.45) is 5.92 Å². The minimum Gasteiger partial charge on any atom is -0.255 e. The Morgan fingerprint density at radius 3 is 1.67 bits per heavy atom. The van der Waals surface area contributed by atoms with Gasteiger partial charge in [0.25, 0.3) is 0 Å². The first-order valence-corrected chi connectivity index (χ1v) is 19.1. The lowest BCUT2D eigenvalue weighted by molar-refractivity contribution is 0.790. The van der Waals surface area contributed by atoms with E-state index in [-0.39, 0.29) is 0 Å². The quantitative estimate of drug-likeness (QED) is 0.172. The third-order valence-electron chi connectivity index (χ3n) is 9.04. The van der Waals surface area contributed by atoms with Gasteiger partial charge in [-0.15, -0.1) is 0 Å². The van der Waals surface area contributed by atoms with E-state index in [9.17, 15) is 0 Å². The normalized spacial score (nSPS) is 17.3. The van der Waals surface area contributed by atoms with Crippen molar-refractivity contribution in [2.75, 3.05) is 0 Å². The SMILES string of the molecule is CCC1C=CC=CC=C1c1cccc(C2=C(c3ccccc3)C(c3ccccc3)=C(c3cccc(-c4ccccn4)n3)[Si]2(C)C)n1. The molecule has 4 heteroatoms. The van der Waals surface area contributed by atoms with Gasteiger partial charge in [-0.1, -0.05) is 129 Å². The highest BCUT2D eigenvalue weighted by atomic mass is 28.3. The van der Waals surface area contributed by atoms with Gasteiger partial charge in [0.15, 0.2) is 0 Å². The smallest absolute Gasteiger partial charge is 0.119 e. The second-order valence-corrected chi connectivity index (χ2v) is 16.5. The molecule has 1 unspecified atom stereocenters. The third kappa shape index (κ3) is 5.46. The molecule has 224 valence electrons. The van der Waals surface area contributed by atoms with Crippen LogP contribution < -0.4 is 0 Å². The number of pyridine rings is 3. The highest BCUT2D eigenvalue weighted by Gasteiger charge is 2.45. The Hall–Kier alpha value is -5.19. The maximum Gasteiger partial charge on any atom is 0.119 e. The summed E-state index contributed by atoms with van der Waals surface area (Å²) in [7, 11) is -2.44.